The van der Waals surface area contributed by atoms with Crippen molar-refractivity contribution in [2.75, 3.05) is 0 Å². The Balaban J connectivity index is 3.44. The third kappa shape index (κ3) is 10.9. The van der Waals surface area contributed by atoms with E-state index in [9.17, 15) is 0 Å². The van der Waals surface area contributed by atoms with E-state index in [0.29, 0.717) is 0 Å². The van der Waals surface area contributed by atoms with Crippen LogP contribution in [0.2, 0.25) is 0 Å². The van der Waals surface area contributed by atoms with Gasteiger partial charge in [-0.05, 0) is 17.8 Å². The number of hydrogen-bond donors (Lipinski definition) is 0. The van der Waals surface area contributed by atoms with Gasteiger partial charge < -0.3 is 0 Å². The lowest BCUT2D eigenvalue weighted by atomic mass is 9.89. The van der Waals surface area contributed by atoms with Gasteiger partial charge in [-0.15, -0.1) is 0 Å². The summed E-state index contributed by atoms with van der Waals surface area (Å²) in [7, 11) is 0. The van der Waals surface area contributed by atoms with Crippen molar-refractivity contribution in [2.45, 2.75) is 92.4 Å². The molecular formula is C17H36. The second-order valence-corrected chi connectivity index (χ2v) is 6.37. The molecule has 0 radical (unpaired) electrons. The highest BCUT2D eigenvalue weighted by Crippen LogP contribution is 2.22. The van der Waals surface area contributed by atoms with Gasteiger partial charge in [-0.3, -0.25) is 0 Å². The van der Waals surface area contributed by atoms with Crippen molar-refractivity contribution in [1.29, 1.82) is 0 Å². The second-order valence-electron chi connectivity index (χ2n) is 6.37. The summed E-state index contributed by atoms with van der Waals surface area (Å²) in [5.41, 5.74) is 0. The van der Waals surface area contributed by atoms with E-state index >= 15 is 0 Å². The maximum absolute atomic E-state index is 2.45. The van der Waals surface area contributed by atoms with Crippen molar-refractivity contribution < 1.29 is 0 Å². The Bertz CT molecular complexity index is 150. The standard InChI is InChI=1S/C17H36/c1-6-8-9-10-16(4)13-14-17(5)12-11-15(3)7-2/h15-17H,6-14H2,1-5H3. The molecule has 0 saturated carbocycles. The third-order valence-electron chi connectivity index (χ3n) is 4.30. The first-order valence-corrected chi connectivity index (χ1v) is 8.10. The van der Waals surface area contributed by atoms with E-state index in [1.807, 2.05) is 0 Å². The van der Waals surface area contributed by atoms with E-state index in [2.05, 4.69) is 34.6 Å². The van der Waals surface area contributed by atoms with Crippen LogP contribution in [-0.4, -0.2) is 0 Å². The summed E-state index contributed by atoms with van der Waals surface area (Å²) < 4.78 is 0. The SMILES string of the molecule is CCCCCC(C)CCC(C)CCC(C)CC. The molecule has 0 bridgehead atoms. The number of rotatable bonds is 11. The van der Waals surface area contributed by atoms with Crippen molar-refractivity contribution in [3.05, 3.63) is 0 Å². The Morgan fingerprint density at radius 2 is 1.06 bits per heavy atom. The predicted molar refractivity (Wildman–Crippen MR) is 80.4 cm³/mol. The molecule has 0 amide bonds. The highest BCUT2D eigenvalue weighted by Gasteiger charge is 2.08. The van der Waals surface area contributed by atoms with Crippen LogP contribution < -0.4 is 0 Å². The van der Waals surface area contributed by atoms with Crippen LogP contribution in [0.5, 0.6) is 0 Å². The molecule has 0 heterocycles. The van der Waals surface area contributed by atoms with E-state index in [-0.39, 0.29) is 0 Å². The molecule has 0 aromatic carbocycles. The van der Waals surface area contributed by atoms with Gasteiger partial charge in [-0.1, -0.05) is 92.4 Å². The zero-order chi connectivity index (χ0) is 13.1. The van der Waals surface area contributed by atoms with Gasteiger partial charge in [-0.2, -0.15) is 0 Å². The maximum atomic E-state index is 2.45. The Hall–Kier alpha value is 0. The summed E-state index contributed by atoms with van der Waals surface area (Å²) in [5, 5.41) is 0. The van der Waals surface area contributed by atoms with E-state index in [1.54, 1.807) is 0 Å². The Kier molecular flexibility index (Phi) is 11.1. The average Bonchev–Trinajstić information content (AvgIpc) is 2.33. The molecule has 0 rings (SSSR count). The van der Waals surface area contributed by atoms with Crippen molar-refractivity contribution in [3.63, 3.8) is 0 Å². The monoisotopic (exact) mass is 240 g/mol. The van der Waals surface area contributed by atoms with Gasteiger partial charge in [0.1, 0.15) is 0 Å². The van der Waals surface area contributed by atoms with Gasteiger partial charge in [0, 0.05) is 0 Å². The van der Waals surface area contributed by atoms with Crippen molar-refractivity contribution in [1.82, 2.24) is 0 Å². The van der Waals surface area contributed by atoms with Crippen molar-refractivity contribution >= 4 is 0 Å². The molecule has 0 aromatic heterocycles. The van der Waals surface area contributed by atoms with Crippen LogP contribution in [0.1, 0.15) is 92.4 Å². The zero-order valence-corrected chi connectivity index (χ0v) is 13.1. The van der Waals surface area contributed by atoms with Gasteiger partial charge in [0.05, 0.1) is 0 Å². The summed E-state index contributed by atoms with van der Waals surface area (Å²) in [6.07, 6.45) is 12.8. The lowest BCUT2D eigenvalue weighted by Gasteiger charge is -2.17. The molecule has 3 unspecified atom stereocenters. The normalized spacial score (nSPS) is 16.8. The molecule has 0 N–H and O–H groups in total. The summed E-state index contributed by atoms with van der Waals surface area (Å²) in [6.45, 7) is 11.9. The van der Waals surface area contributed by atoms with E-state index in [0.717, 1.165) is 17.8 Å². The zero-order valence-electron chi connectivity index (χ0n) is 13.1. The molecular weight excluding hydrogens is 204 g/mol. The fourth-order valence-corrected chi connectivity index (χ4v) is 2.37. The molecule has 17 heavy (non-hydrogen) atoms. The van der Waals surface area contributed by atoms with Gasteiger partial charge >= 0.3 is 0 Å². The highest BCUT2D eigenvalue weighted by molar-refractivity contribution is 4.61. The minimum absolute atomic E-state index is 0.930. The molecule has 0 aromatic rings. The first-order valence-electron chi connectivity index (χ1n) is 8.10. The molecule has 104 valence electrons. The van der Waals surface area contributed by atoms with Crippen LogP contribution in [0, 0.1) is 17.8 Å². The Labute approximate surface area is 111 Å². The topological polar surface area (TPSA) is 0 Å². The molecule has 0 saturated heterocycles. The number of hydrogen-bond acceptors (Lipinski definition) is 0. The second kappa shape index (κ2) is 11.1. The summed E-state index contributed by atoms with van der Waals surface area (Å²) in [6, 6.07) is 0. The van der Waals surface area contributed by atoms with E-state index < -0.39 is 0 Å². The molecule has 0 nitrogen and oxygen atoms in total. The van der Waals surface area contributed by atoms with Crippen molar-refractivity contribution in [2.24, 2.45) is 17.8 Å². The average molecular weight is 240 g/mol. The summed E-state index contributed by atoms with van der Waals surface area (Å²) in [5.74, 6) is 2.82. The third-order valence-corrected chi connectivity index (χ3v) is 4.30. The van der Waals surface area contributed by atoms with Crippen LogP contribution in [0.25, 0.3) is 0 Å². The quantitative estimate of drug-likeness (QED) is 0.364. The molecule has 0 aliphatic carbocycles. The lowest BCUT2D eigenvalue weighted by Crippen LogP contribution is -2.03. The molecule has 0 aliphatic heterocycles. The first kappa shape index (κ1) is 17.0. The maximum Gasteiger partial charge on any atom is -0.0443 e. The predicted octanol–water partition coefficient (Wildman–Crippen LogP) is 6.45. The van der Waals surface area contributed by atoms with Crippen LogP contribution in [0.3, 0.4) is 0 Å². The summed E-state index contributed by atoms with van der Waals surface area (Å²) in [4.78, 5) is 0. The largest absolute Gasteiger partial charge is 0.0654 e. The molecule has 0 aliphatic rings. The van der Waals surface area contributed by atoms with Crippen molar-refractivity contribution in [3.8, 4) is 0 Å². The van der Waals surface area contributed by atoms with Gasteiger partial charge in [0.2, 0.25) is 0 Å². The molecule has 0 heteroatoms. The fourth-order valence-electron chi connectivity index (χ4n) is 2.37. The van der Waals surface area contributed by atoms with Crippen LogP contribution in [-0.2, 0) is 0 Å². The fraction of sp³-hybridized carbons (Fsp3) is 1.00. The van der Waals surface area contributed by atoms with Crippen LogP contribution in [0.4, 0.5) is 0 Å². The van der Waals surface area contributed by atoms with E-state index in [4.69, 9.17) is 0 Å². The minimum Gasteiger partial charge on any atom is -0.0654 e. The van der Waals surface area contributed by atoms with Crippen LogP contribution >= 0.6 is 0 Å². The van der Waals surface area contributed by atoms with Crippen LogP contribution in [0.15, 0.2) is 0 Å². The lowest BCUT2D eigenvalue weighted by molar-refractivity contribution is 0.360. The number of unbranched alkanes of at least 4 members (excludes halogenated alkanes) is 2. The summed E-state index contributed by atoms with van der Waals surface area (Å²) >= 11 is 0. The first-order chi connectivity index (χ1) is 8.10. The van der Waals surface area contributed by atoms with Gasteiger partial charge in [0.15, 0.2) is 0 Å². The minimum atomic E-state index is 0.930. The Morgan fingerprint density at radius 1 is 0.588 bits per heavy atom. The van der Waals surface area contributed by atoms with Gasteiger partial charge in [0.25, 0.3) is 0 Å². The molecule has 0 spiro atoms. The Morgan fingerprint density at radius 3 is 1.53 bits per heavy atom. The smallest absolute Gasteiger partial charge is 0.0443 e. The molecule has 3 atom stereocenters. The van der Waals surface area contributed by atoms with Gasteiger partial charge in [-0.25, -0.2) is 0 Å². The molecule has 0 fully saturated rings. The highest BCUT2D eigenvalue weighted by atomic mass is 14.1. The van der Waals surface area contributed by atoms with E-state index in [1.165, 1.54) is 57.8 Å².